The Morgan fingerprint density at radius 3 is 1.86 bits per heavy atom. The SMILES string of the molecule is CCCC(C)N1CCN(C(C)C)CC1. The first-order valence-electron chi connectivity index (χ1n) is 6.13. The molecule has 0 aromatic carbocycles. The highest BCUT2D eigenvalue weighted by Gasteiger charge is 2.21. The van der Waals surface area contributed by atoms with E-state index in [1.165, 1.54) is 39.0 Å². The second kappa shape index (κ2) is 5.72. The first-order chi connectivity index (χ1) is 6.65. The average Bonchev–Trinajstić information content (AvgIpc) is 2.18. The molecule has 0 aromatic rings. The fourth-order valence-corrected chi connectivity index (χ4v) is 2.29. The summed E-state index contributed by atoms with van der Waals surface area (Å²) in [7, 11) is 0. The second-order valence-electron chi connectivity index (χ2n) is 4.80. The van der Waals surface area contributed by atoms with Crippen LogP contribution >= 0.6 is 0 Å². The van der Waals surface area contributed by atoms with E-state index in [-0.39, 0.29) is 0 Å². The molecule has 1 rings (SSSR count). The van der Waals surface area contributed by atoms with Gasteiger partial charge in [-0.1, -0.05) is 13.3 Å². The summed E-state index contributed by atoms with van der Waals surface area (Å²) in [6.45, 7) is 14.3. The summed E-state index contributed by atoms with van der Waals surface area (Å²) in [5.41, 5.74) is 0. The van der Waals surface area contributed by atoms with Crippen molar-refractivity contribution in [2.75, 3.05) is 26.2 Å². The van der Waals surface area contributed by atoms with Gasteiger partial charge in [-0.3, -0.25) is 9.80 Å². The highest BCUT2D eigenvalue weighted by Crippen LogP contribution is 2.11. The van der Waals surface area contributed by atoms with Crippen molar-refractivity contribution in [1.29, 1.82) is 0 Å². The molecule has 1 heterocycles. The minimum absolute atomic E-state index is 0.721. The Labute approximate surface area is 89.3 Å². The van der Waals surface area contributed by atoms with Gasteiger partial charge in [0.2, 0.25) is 0 Å². The van der Waals surface area contributed by atoms with E-state index in [1.54, 1.807) is 0 Å². The maximum Gasteiger partial charge on any atom is 0.0113 e. The van der Waals surface area contributed by atoms with Gasteiger partial charge in [-0.25, -0.2) is 0 Å². The highest BCUT2D eigenvalue weighted by molar-refractivity contribution is 4.77. The molecular weight excluding hydrogens is 172 g/mol. The third kappa shape index (κ3) is 3.25. The van der Waals surface area contributed by atoms with E-state index in [0.717, 1.165) is 12.1 Å². The van der Waals surface area contributed by atoms with Crippen LogP contribution in [0.15, 0.2) is 0 Å². The van der Waals surface area contributed by atoms with Crippen molar-refractivity contribution < 1.29 is 0 Å². The second-order valence-corrected chi connectivity index (χ2v) is 4.80. The van der Waals surface area contributed by atoms with Crippen molar-refractivity contribution in [3.63, 3.8) is 0 Å². The molecule has 2 nitrogen and oxygen atoms in total. The van der Waals surface area contributed by atoms with Crippen LogP contribution < -0.4 is 0 Å². The van der Waals surface area contributed by atoms with E-state index in [2.05, 4.69) is 37.5 Å². The van der Waals surface area contributed by atoms with Crippen LogP contribution in [0.25, 0.3) is 0 Å². The quantitative estimate of drug-likeness (QED) is 0.683. The molecule has 0 spiro atoms. The number of hydrogen-bond acceptors (Lipinski definition) is 2. The van der Waals surface area contributed by atoms with Gasteiger partial charge in [0, 0.05) is 38.3 Å². The third-order valence-corrected chi connectivity index (χ3v) is 3.41. The van der Waals surface area contributed by atoms with Crippen molar-refractivity contribution in [2.24, 2.45) is 0 Å². The maximum atomic E-state index is 2.64. The van der Waals surface area contributed by atoms with Crippen LogP contribution in [0.5, 0.6) is 0 Å². The number of rotatable bonds is 4. The van der Waals surface area contributed by atoms with Gasteiger partial charge in [0.15, 0.2) is 0 Å². The zero-order valence-corrected chi connectivity index (χ0v) is 10.3. The van der Waals surface area contributed by atoms with Crippen molar-refractivity contribution in [2.45, 2.75) is 52.6 Å². The average molecular weight is 198 g/mol. The summed E-state index contributed by atoms with van der Waals surface area (Å²) in [5, 5.41) is 0. The molecule has 0 bridgehead atoms. The largest absolute Gasteiger partial charge is 0.298 e. The number of nitrogens with zero attached hydrogens (tertiary/aromatic N) is 2. The molecule has 0 amide bonds. The van der Waals surface area contributed by atoms with Crippen LogP contribution in [-0.2, 0) is 0 Å². The minimum Gasteiger partial charge on any atom is -0.298 e. The number of hydrogen-bond donors (Lipinski definition) is 0. The van der Waals surface area contributed by atoms with Gasteiger partial charge < -0.3 is 0 Å². The Hall–Kier alpha value is -0.0800. The normalized spacial score (nSPS) is 22.9. The monoisotopic (exact) mass is 198 g/mol. The zero-order valence-electron chi connectivity index (χ0n) is 10.3. The lowest BCUT2D eigenvalue weighted by atomic mass is 10.1. The van der Waals surface area contributed by atoms with Gasteiger partial charge in [0.05, 0.1) is 0 Å². The Kier molecular flexibility index (Phi) is 4.90. The Morgan fingerprint density at radius 2 is 1.43 bits per heavy atom. The predicted molar refractivity (Wildman–Crippen MR) is 62.7 cm³/mol. The van der Waals surface area contributed by atoms with E-state index in [9.17, 15) is 0 Å². The molecule has 0 aromatic heterocycles. The van der Waals surface area contributed by atoms with E-state index in [0.29, 0.717) is 0 Å². The summed E-state index contributed by atoms with van der Waals surface area (Å²) in [4.78, 5) is 5.22. The molecular formula is C12H26N2. The molecule has 0 aliphatic carbocycles. The molecule has 1 atom stereocenters. The topological polar surface area (TPSA) is 6.48 Å². The lowest BCUT2D eigenvalue weighted by molar-refractivity contribution is 0.0805. The van der Waals surface area contributed by atoms with Crippen LogP contribution in [0, 0.1) is 0 Å². The standard InChI is InChI=1S/C12H26N2/c1-5-6-12(4)14-9-7-13(8-10-14)11(2)3/h11-12H,5-10H2,1-4H3. The van der Waals surface area contributed by atoms with Gasteiger partial charge in [-0.15, -0.1) is 0 Å². The van der Waals surface area contributed by atoms with E-state index >= 15 is 0 Å². The smallest absolute Gasteiger partial charge is 0.0113 e. The Balaban J connectivity index is 2.28. The maximum absolute atomic E-state index is 2.64. The summed E-state index contributed by atoms with van der Waals surface area (Å²) >= 11 is 0. The molecule has 0 radical (unpaired) electrons. The van der Waals surface area contributed by atoms with Crippen LogP contribution in [0.1, 0.15) is 40.5 Å². The van der Waals surface area contributed by atoms with Crippen LogP contribution in [0.4, 0.5) is 0 Å². The molecule has 1 fully saturated rings. The van der Waals surface area contributed by atoms with Gasteiger partial charge in [0.1, 0.15) is 0 Å². The van der Waals surface area contributed by atoms with Crippen LogP contribution in [-0.4, -0.2) is 48.1 Å². The van der Waals surface area contributed by atoms with Crippen LogP contribution in [0.3, 0.4) is 0 Å². The zero-order chi connectivity index (χ0) is 10.6. The summed E-state index contributed by atoms with van der Waals surface area (Å²) < 4.78 is 0. The predicted octanol–water partition coefficient (Wildman–Crippen LogP) is 2.20. The first kappa shape index (κ1) is 12.0. The Morgan fingerprint density at radius 1 is 0.929 bits per heavy atom. The molecule has 0 N–H and O–H groups in total. The van der Waals surface area contributed by atoms with Crippen molar-refractivity contribution in [3.05, 3.63) is 0 Å². The molecule has 1 saturated heterocycles. The van der Waals surface area contributed by atoms with E-state index in [1.807, 2.05) is 0 Å². The van der Waals surface area contributed by atoms with Gasteiger partial charge in [-0.2, -0.15) is 0 Å². The number of piperazine rings is 1. The first-order valence-corrected chi connectivity index (χ1v) is 6.13. The molecule has 0 saturated carbocycles. The minimum atomic E-state index is 0.721. The molecule has 2 heteroatoms. The lowest BCUT2D eigenvalue weighted by Crippen LogP contribution is -2.51. The summed E-state index contributed by atoms with van der Waals surface area (Å²) in [5.74, 6) is 0. The molecule has 1 aliphatic heterocycles. The fourth-order valence-electron chi connectivity index (χ4n) is 2.29. The van der Waals surface area contributed by atoms with Gasteiger partial charge in [0.25, 0.3) is 0 Å². The van der Waals surface area contributed by atoms with Crippen molar-refractivity contribution in [3.8, 4) is 0 Å². The molecule has 1 unspecified atom stereocenters. The third-order valence-electron chi connectivity index (χ3n) is 3.41. The highest BCUT2D eigenvalue weighted by atomic mass is 15.3. The fraction of sp³-hybridized carbons (Fsp3) is 1.00. The summed E-state index contributed by atoms with van der Waals surface area (Å²) in [6.07, 6.45) is 2.66. The Bertz CT molecular complexity index is 148. The van der Waals surface area contributed by atoms with Crippen molar-refractivity contribution >= 4 is 0 Å². The van der Waals surface area contributed by atoms with Gasteiger partial charge in [-0.05, 0) is 27.2 Å². The van der Waals surface area contributed by atoms with Crippen LogP contribution in [0.2, 0.25) is 0 Å². The van der Waals surface area contributed by atoms with Crippen molar-refractivity contribution in [1.82, 2.24) is 9.80 Å². The van der Waals surface area contributed by atoms with E-state index in [4.69, 9.17) is 0 Å². The lowest BCUT2D eigenvalue weighted by Gasteiger charge is -2.39. The van der Waals surface area contributed by atoms with Gasteiger partial charge >= 0.3 is 0 Å². The molecule has 1 aliphatic rings. The van der Waals surface area contributed by atoms with E-state index < -0.39 is 0 Å². The molecule has 84 valence electrons. The molecule has 14 heavy (non-hydrogen) atoms. The summed E-state index contributed by atoms with van der Waals surface area (Å²) in [6, 6.07) is 1.51.